The van der Waals surface area contributed by atoms with Crippen molar-refractivity contribution in [1.29, 1.82) is 0 Å². The molecule has 0 amide bonds. The minimum atomic E-state index is 0.0650. The van der Waals surface area contributed by atoms with E-state index in [1.165, 1.54) is 11.8 Å². The number of aromatic nitrogens is 3. The molecule has 5 nitrogen and oxygen atoms in total. The molecule has 1 heterocycles. The Balaban J connectivity index is 1.57. The summed E-state index contributed by atoms with van der Waals surface area (Å²) in [6.07, 6.45) is 0. The van der Waals surface area contributed by atoms with E-state index in [4.69, 9.17) is 11.6 Å². The van der Waals surface area contributed by atoms with Gasteiger partial charge < -0.3 is 5.32 Å². The number of hydrogen-bond donors (Lipinski definition) is 1. The molecule has 0 aliphatic heterocycles. The Bertz CT molecular complexity index is 1220. The number of carbonyl (C=O) groups excluding carboxylic acids is 1. The summed E-state index contributed by atoms with van der Waals surface area (Å²) < 4.78 is 2.02. The number of benzene rings is 3. The van der Waals surface area contributed by atoms with Crippen LogP contribution in [-0.4, -0.2) is 26.3 Å². The van der Waals surface area contributed by atoms with Crippen LogP contribution in [-0.2, 0) is 6.54 Å². The van der Waals surface area contributed by atoms with Gasteiger partial charge in [-0.2, -0.15) is 0 Å². The van der Waals surface area contributed by atoms with Gasteiger partial charge in [-0.1, -0.05) is 71.4 Å². The number of hydrogen-bond acceptors (Lipinski definition) is 5. The Morgan fingerprint density at radius 2 is 1.69 bits per heavy atom. The Morgan fingerprint density at radius 3 is 2.41 bits per heavy atom. The number of anilines is 1. The van der Waals surface area contributed by atoms with Gasteiger partial charge in [0.1, 0.15) is 0 Å². The lowest BCUT2D eigenvalue weighted by molar-refractivity contribution is 0.102. The zero-order valence-electron chi connectivity index (χ0n) is 17.9. The molecule has 7 heteroatoms. The second-order valence-corrected chi connectivity index (χ2v) is 8.84. The number of halogens is 1. The SMILES string of the molecule is Cc1ccc(C(=O)CSc2nnc(CNc3ccc(Cl)cc3)n2-c2ccccc2C)cc1. The van der Waals surface area contributed by atoms with E-state index in [0.717, 1.165) is 28.3 Å². The summed E-state index contributed by atoms with van der Waals surface area (Å²) in [6, 6.07) is 23.3. The van der Waals surface area contributed by atoms with Gasteiger partial charge in [0.15, 0.2) is 16.8 Å². The smallest absolute Gasteiger partial charge is 0.196 e. The molecule has 0 atom stereocenters. The van der Waals surface area contributed by atoms with Crippen molar-refractivity contribution < 1.29 is 4.79 Å². The summed E-state index contributed by atoms with van der Waals surface area (Å²) in [4.78, 5) is 12.7. The van der Waals surface area contributed by atoms with E-state index >= 15 is 0 Å². The maximum atomic E-state index is 12.7. The quantitative estimate of drug-likeness (QED) is 0.252. The van der Waals surface area contributed by atoms with Crippen LogP contribution in [0.5, 0.6) is 0 Å². The number of rotatable bonds is 8. The van der Waals surface area contributed by atoms with Crippen LogP contribution in [0.4, 0.5) is 5.69 Å². The largest absolute Gasteiger partial charge is 0.378 e. The monoisotopic (exact) mass is 462 g/mol. The Hall–Kier alpha value is -3.09. The van der Waals surface area contributed by atoms with Crippen molar-refractivity contribution in [3.05, 3.63) is 100 Å². The number of thioether (sulfide) groups is 1. The highest BCUT2D eigenvalue weighted by atomic mass is 35.5. The van der Waals surface area contributed by atoms with Crippen LogP contribution in [0.1, 0.15) is 27.3 Å². The number of ketones is 1. The van der Waals surface area contributed by atoms with Crippen LogP contribution in [0.25, 0.3) is 5.69 Å². The minimum absolute atomic E-state index is 0.0650. The predicted molar refractivity (Wildman–Crippen MR) is 131 cm³/mol. The molecule has 0 aliphatic rings. The average molecular weight is 463 g/mol. The van der Waals surface area contributed by atoms with Crippen molar-refractivity contribution in [1.82, 2.24) is 14.8 Å². The normalized spacial score (nSPS) is 10.8. The third-order valence-corrected chi connectivity index (χ3v) is 6.24. The first-order valence-electron chi connectivity index (χ1n) is 10.2. The van der Waals surface area contributed by atoms with Crippen LogP contribution in [0.2, 0.25) is 5.02 Å². The van der Waals surface area contributed by atoms with E-state index in [1.807, 2.05) is 78.2 Å². The molecule has 1 N–H and O–H groups in total. The topological polar surface area (TPSA) is 59.8 Å². The summed E-state index contributed by atoms with van der Waals surface area (Å²) in [5.74, 6) is 1.12. The van der Waals surface area contributed by atoms with Gasteiger partial charge in [-0.25, -0.2) is 0 Å². The van der Waals surface area contributed by atoms with Crippen molar-refractivity contribution >= 4 is 34.8 Å². The molecule has 3 aromatic carbocycles. The molecule has 0 aliphatic carbocycles. The van der Waals surface area contributed by atoms with Crippen molar-refractivity contribution in [2.24, 2.45) is 0 Å². The summed E-state index contributed by atoms with van der Waals surface area (Å²) in [5, 5.41) is 13.6. The first-order chi connectivity index (χ1) is 15.5. The van der Waals surface area contributed by atoms with E-state index < -0.39 is 0 Å². The number of carbonyl (C=O) groups is 1. The molecule has 1 aromatic heterocycles. The molecule has 0 bridgehead atoms. The van der Waals surface area contributed by atoms with Gasteiger partial charge in [0, 0.05) is 16.3 Å². The number of aryl methyl sites for hydroxylation is 2. The summed E-state index contributed by atoms with van der Waals surface area (Å²) in [7, 11) is 0. The highest BCUT2D eigenvalue weighted by Crippen LogP contribution is 2.26. The minimum Gasteiger partial charge on any atom is -0.378 e. The molecule has 0 fully saturated rings. The van der Waals surface area contributed by atoms with E-state index in [0.29, 0.717) is 22.3 Å². The lowest BCUT2D eigenvalue weighted by atomic mass is 10.1. The van der Waals surface area contributed by atoms with Gasteiger partial charge in [-0.15, -0.1) is 10.2 Å². The number of nitrogens with one attached hydrogen (secondary N) is 1. The molecular formula is C25H23ClN4OS. The molecule has 0 radical (unpaired) electrons. The highest BCUT2D eigenvalue weighted by molar-refractivity contribution is 7.99. The van der Waals surface area contributed by atoms with Gasteiger partial charge in [-0.3, -0.25) is 9.36 Å². The summed E-state index contributed by atoms with van der Waals surface area (Å²) in [5.41, 5.74) is 4.88. The van der Waals surface area contributed by atoms with E-state index in [2.05, 4.69) is 28.5 Å². The zero-order chi connectivity index (χ0) is 22.5. The van der Waals surface area contributed by atoms with Gasteiger partial charge in [0.05, 0.1) is 18.0 Å². The van der Waals surface area contributed by atoms with Crippen molar-refractivity contribution in [3.8, 4) is 5.69 Å². The first kappa shape index (κ1) is 22.1. The lowest BCUT2D eigenvalue weighted by Gasteiger charge is -2.13. The van der Waals surface area contributed by atoms with Crippen LogP contribution >= 0.6 is 23.4 Å². The fourth-order valence-electron chi connectivity index (χ4n) is 3.27. The average Bonchev–Trinajstić information content (AvgIpc) is 3.20. The lowest BCUT2D eigenvalue weighted by Crippen LogP contribution is -2.10. The Labute approximate surface area is 196 Å². The second-order valence-electron chi connectivity index (χ2n) is 7.46. The fraction of sp³-hybridized carbons (Fsp3) is 0.160. The number of Topliss-reactive ketones (excluding diaryl/α,β-unsaturated/α-hetero) is 1. The zero-order valence-corrected chi connectivity index (χ0v) is 19.5. The molecule has 0 saturated heterocycles. The molecule has 0 unspecified atom stereocenters. The van der Waals surface area contributed by atoms with Gasteiger partial charge >= 0.3 is 0 Å². The molecule has 4 rings (SSSR count). The molecule has 32 heavy (non-hydrogen) atoms. The molecule has 4 aromatic rings. The molecule has 162 valence electrons. The second kappa shape index (κ2) is 10.0. The van der Waals surface area contributed by atoms with Crippen LogP contribution in [0.15, 0.2) is 78.0 Å². The first-order valence-corrected chi connectivity index (χ1v) is 11.6. The maximum Gasteiger partial charge on any atom is 0.196 e. The van der Waals surface area contributed by atoms with Crippen molar-refractivity contribution in [3.63, 3.8) is 0 Å². The Kier molecular flexibility index (Phi) is 6.93. The molecular weight excluding hydrogens is 440 g/mol. The van der Waals surface area contributed by atoms with Gasteiger partial charge in [0.2, 0.25) is 0 Å². The Morgan fingerprint density at radius 1 is 0.969 bits per heavy atom. The fourth-order valence-corrected chi connectivity index (χ4v) is 4.25. The third kappa shape index (κ3) is 5.21. The van der Waals surface area contributed by atoms with Gasteiger partial charge in [-0.05, 0) is 49.7 Å². The standard InChI is InChI=1S/C25H23ClN4OS/c1-17-7-9-19(10-8-17)23(31)16-32-25-29-28-24(15-27-21-13-11-20(26)12-14-21)30(25)22-6-4-3-5-18(22)2/h3-14,27H,15-16H2,1-2H3. The highest BCUT2D eigenvalue weighted by Gasteiger charge is 2.17. The van der Waals surface area contributed by atoms with Crippen LogP contribution in [0, 0.1) is 13.8 Å². The van der Waals surface area contributed by atoms with Crippen molar-refractivity contribution in [2.75, 3.05) is 11.1 Å². The van der Waals surface area contributed by atoms with Crippen LogP contribution < -0.4 is 5.32 Å². The van der Waals surface area contributed by atoms with E-state index in [-0.39, 0.29) is 11.5 Å². The van der Waals surface area contributed by atoms with Crippen LogP contribution in [0.3, 0.4) is 0 Å². The number of nitrogens with zero attached hydrogens (tertiary/aromatic N) is 3. The predicted octanol–water partition coefficient (Wildman–Crippen LogP) is 6.12. The van der Waals surface area contributed by atoms with E-state index in [1.54, 1.807) is 0 Å². The third-order valence-electron chi connectivity index (χ3n) is 5.06. The summed E-state index contributed by atoms with van der Waals surface area (Å²) >= 11 is 7.38. The number of para-hydroxylation sites is 1. The maximum absolute atomic E-state index is 12.7. The summed E-state index contributed by atoms with van der Waals surface area (Å²) in [6.45, 7) is 4.54. The van der Waals surface area contributed by atoms with Gasteiger partial charge in [0.25, 0.3) is 0 Å². The van der Waals surface area contributed by atoms with E-state index in [9.17, 15) is 4.79 Å². The van der Waals surface area contributed by atoms with Crippen molar-refractivity contribution in [2.45, 2.75) is 25.5 Å². The molecule has 0 saturated carbocycles. The molecule has 0 spiro atoms.